The summed E-state index contributed by atoms with van der Waals surface area (Å²) in [4.78, 5) is 12.1. The Morgan fingerprint density at radius 2 is 2.00 bits per heavy atom. The first-order valence-electron chi connectivity index (χ1n) is 7.46. The number of aromatic nitrogens is 2. The van der Waals surface area contributed by atoms with Crippen LogP contribution in [0.15, 0.2) is 66.0 Å². The molecule has 0 aliphatic heterocycles. The summed E-state index contributed by atoms with van der Waals surface area (Å²) in [5.41, 5.74) is 4.62. The third-order valence-corrected chi connectivity index (χ3v) is 3.96. The smallest absolute Gasteiger partial charge is 0.268 e. The Kier molecular flexibility index (Phi) is 5.48. The van der Waals surface area contributed by atoms with Crippen LogP contribution in [0.3, 0.4) is 0 Å². The summed E-state index contributed by atoms with van der Waals surface area (Å²) in [6.07, 6.45) is 5.03. The Balaban J connectivity index is 1.61. The van der Waals surface area contributed by atoms with Crippen molar-refractivity contribution < 1.29 is 4.79 Å². The van der Waals surface area contributed by atoms with Crippen LogP contribution in [0.25, 0.3) is 0 Å². The van der Waals surface area contributed by atoms with E-state index >= 15 is 0 Å². The van der Waals surface area contributed by atoms with Gasteiger partial charge < -0.3 is 0 Å². The summed E-state index contributed by atoms with van der Waals surface area (Å²) in [6, 6.07) is 14.7. The van der Waals surface area contributed by atoms with Crippen LogP contribution in [-0.2, 0) is 6.54 Å². The van der Waals surface area contributed by atoms with Gasteiger partial charge in [0, 0.05) is 16.8 Å². The fourth-order valence-corrected chi connectivity index (χ4v) is 2.58. The molecule has 0 aliphatic carbocycles. The summed E-state index contributed by atoms with van der Waals surface area (Å²) in [5.74, 6) is -0.430. The summed E-state index contributed by atoms with van der Waals surface area (Å²) >= 11 is 11.9. The Morgan fingerprint density at radius 1 is 1.20 bits per heavy atom. The van der Waals surface area contributed by atoms with E-state index < -0.39 is 5.91 Å². The molecule has 2 aromatic carbocycles. The summed E-state index contributed by atoms with van der Waals surface area (Å²) in [6.45, 7) is 0.666. The van der Waals surface area contributed by atoms with Gasteiger partial charge in [0.15, 0.2) is 0 Å². The van der Waals surface area contributed by atoms with Gasteiger partial charge in [0.05, 0.1) is 29.5 Å². The molecule has 0 radical (unpaired) electrons. The predicted octanol–water partition coefficient (Wildman–Crippen LogP) is 4.00. The monoisotopic (exact) mass is 372 g/mol. The molecule has 0 spiro atoms. The van der Waals surface area contributed by atoms with Crippen molar-refractivity contribution in [3.05, 3.63) is 87.7 Å². The number of nitrogens with one attached hydrogen (secondary N) is 1. The summed E-state index contributed by atoms with van der Waals surface area (Å²) in [5, 5.41) is 8.94. The van der Waals surface area contributed by atoms with Crippen molar-refractivity contribution in [2.45, 2.75) is 6.54 Å². The highest BCUT2D eigenvalue weighted by molar-refractivity contribution is 6.35. The zero-order valence-corrected chi connectivity index (χ0v) is 14.6. The van der Waals surface area contributed by atoms with E-state index in [1.165, 1.54) is 12.3 Å². The molecule has 1 heterocycles. The second kappa shape index (κ2) is 7.96. The van der Waals surface area contributed by atoms with E-state index in [0.717, 1.165) is 11.1 Å². The van der Waals surface area contributed by atoms with Gasteiger partial charge in [-0.05, 0) is 23.8 Å². The number of hydrogen-bond acceptors (Lipinski definition) is 3. The van der Waals surface area contributed by atoms with E-state index in [-0.39, 0.29) is 5.56 Å². The molecule has 1 amide bonds. The SMILES string of the molecule is O=C(N/N=C\c1cnn(Cc2ccccc2)c1)c1cc(Cl)ccc1Cl. The van der Waals surface area contributed by atoms with Crippen LogP contribution in [-0.4, -0.2) is 21.9 Å². The van der Waals surface area contributed by atoms with Crippen molar-refractivity contribution in [2.24, 2.45) is 5.10 Å². The van der Waals surface area contributed by atoms with Gasteiger partial charge in [0.1, 0.15) is 0 Å². The van der Waals surface area contributed by atoms with E-state index in [1.54, 1.807) is 23.0 Å². The van der Waals surface area contributed by atoms with E-state index in [9.17, 15) is 4.79 Å². The second-order valence-corrected chi connectivity index (χ2v) is 6.12. The zero-order valence-electron chi connectivity index (χ0n) is 13.1. The minimum atomic E-state index is -0.430. The number of amides is 1. The minimum Gasteiger partial charge on any atom is -0.268 e. The Hall–Kier alpha value is -2.63. The Morgan fingerprint density at radius 3 is 2.80 bits per heavy atom. The fraction of sp³-hybridized carbons (Fsp3) is 0.0556. The van der Waals surface area contributed by atoms with Crippen LogP contribution >= 0.6 is 23.2 Å². The van der Waals surface area contributed by atoms with Crippen LogP contribution in [0.2, 0.25) is 10.0 Å². The Bertz CT molecular complexity index is 906. The van der Waals surface area contributed by atoms with Crippen molar-refractivity contribution in [1.82, 2.24) is 15.2 Å². The van der Waals surface area contributed by atoms with Gasteiger partial charge in [-0.1, -0.05) is 53.5 Å². The first-order chi connectivity index (χ1) is 12.1. The van der Waals surface area contributed by atoms with Crippen LogP contribution in [0.1, 0.15) is 21.5 Å². The number of hydrazone groups is 1. The van der Waals surface area contributed by atoms with Gasteiger partial charge in [-0.15, -0.1) is 0 Å². The number of benzene rings is 2. The molecular formula is C18H14Cl2N4O. The standard InChI is InChI=1S/C18H14Cl2N4O/c19-15-6-7-17(20)16(8-15)18(25)23-21-9-14-10-22-24(12-14)11-13-4-2-1-3-5-13/h1-10,12H,11H2,(H,23,25)/b21-9-. The summed E-state index contributed by atoms with van der Waals surface area (Å²) < 4.78 is 1.80. The van der Waals surface area contributed by atoms with E-state index in [0.29, 0.717) is 16.6 Å². The molecule has 5 nitrogen and oxygen atoms in total. The molecule has 25 heavy (non-hydrogen) atoms. The van der Waals surface area contributed by atoms with E-state index in [1.807, 2.05) is 36.5 Å². The second-order valence-electron chi connectivity index (χ2n) is 5.28. The van der Waals surface area contributed by atoms with Crippen molar-refractivity contribution >= 4 is 35.3 Å². The van der Waals surface area contributed by atoms with Gasteiger partial charge >= 0.3 is 0 Å². The lowest BCUT2D eigenvalue weighted by molar-refractivity contribution is 0.0955. The maximum Gasteiger partial charge on any atom is 0.272 e. The van der Waals surface area contributed by atoms with Gasteiger partial charge in [-0.2, -0.15) is 10.2 Å². The molecule has 0 saturated heterocycles. The van der Waals surface area contributed by atoms with Gasteiger partial charge in [0.25, 0.3) is 5.91 Å². The molecule has 126 valence electrons. The number of nitrogens with zero attached hydrogens (tertiary/aromatic N) is 3. The molecule has 3 aromatic rings. The number of hydrogen-bond donors (Lipinski definition) is 1. The average molecular weight is 373 g/mol. The quantitative estimate of drug-likeness (QED) is 0.543. The van der Waals surface area contributed by atoms with Crippen molar-refractivity contribution in [1.29, 1.82) is 0 Å². The highest BCUT2D eigenvalue weighted by Crippen LogP contribution is 2.20. The highest BCUT2D eigenvalue weighted by atomic mass is 35.5. The number of halogens is 2. The largest absolute Gasteiger partial charge is 0.272 e. The topological polar surface area (TPSA) is 59.3 Å². The number of carbonyl (C=O) groups is 1. The lowest BCUT2D eigenvalue weighted by atomic mass is 10.2. The molecule has 0 atom stereocenters. The molecule has 0 fully saturated rings. The lowest BCUT2D eigenvalue weighted by Gasteiger charge is -2.02. The van der Waals surface area contributed by atoms with Crippen molar-refractivity contribution in [2.75, 3.05) is 0 Å². The van der Waals surface area contributed by atoms with Crippen LogP contribution < -0.4 is 5.43 Å². The average Bonchev–Trinajstić information content (AvgIpc) is 3.05. The number of rotatable bonds is 5. The predicted molar refractivity (Wildman–Crippen MR) is 99.3 cm³/mol. The Labute approximate surface area is 154 Å². The maximum atomic E-state index is 12.1. The molecule has 1 N–H and O–H groups in total. The molecule has 3 rings (SSSR count). The molecule has 1 aromatic heterocycles. The first kappa shape index (κ1) is 17.2. The number of carbonyl (C=O) groups excluding carboxylic acids is 1. The third kappa shape index (κ3) is 4.68. The van der Waals surface area contributed by atoms with Crippen molar-refractivity contribution in [3.8, 4) is 0 Å². The molecule has 7 heteroatoms. The minimum absolute atomic E-state index is 0.270. The molecule has 0 saturated carbocycles. The van der Waals surface area contributed by atoms with E-state index in [2.05, 4.69) is 15.6 Å². The van der Waals surface area contributed by atoms with Gasteiger partial charge in [-0.3, -0.25) is 9.48 Å². The lowest BCUT2D eigenvalue weighted by Crippen LogP contribution is -2.18. The maximum absolute atomic E-state index is 12.1. The third-order valence-electron chi connectivity index (χ3n) is 3.39. The molecule has 0 bridgehead atoms. The van der Waals surface area contributed by atoms with Gasteiger partial charge in [0.2, 0.25) is 0 Å². The van der Waals surface area contributed by atoms with Crippen LogP contribution in [0.5, 0.6) is 0 Å². The van der Waals surface area contributed by atoms with Gasteiger partial charge in [-0.25, -0.2) is 5.43 Å². The zero-order chi connectivity index (χ0) is 17.6. The normalized spacial score (nSPS) is 11.0. The first-order valence-corrected chi connectivity index (χ1v) is 8.22. The molecule has 0 unspecified atom stereocenters. The fourth-order valence-electron chi connectivity index (χ4n) is 2.20. The van der Waals surface area contributed by atoms with Crippen molar-refractivity contribution in [3.63, 3.8) is 0 Å². The molecular weight excluding hydrogens is 359 g/mol. The van der Waals surface area contributed by atoms with Crippen LogP contribution in [0, 0.1) is 0 Å². The van der Waals surface area contributed by atoms with Crippen LogP contribution in [0.4, 0.5) is 0 Å². The van der Waals surface area contributed by atoms with E-state index in [4.69, 9.17) is 23.2 Å². The molecule has 0 aliphatic rings. The highest BCUT2D eigenvalue weighted by Gasteiger charge is 2.10. The summed E-state index contributed by atoms with van der Waals surface area (Å²) in [7, 11) is 0.